The Balaban J connectivity index is 1.13. The third-order valence-corrected chi connectivity index (χ3v) is 11.7. The van der Waals surface area contributed by atoms with Gasteiger partial charge in [-0.2, -0.15) is 5.10 Å². The van der Waals surface area contributed by atoms with Crippen LogP contribution in [0.25, 0.3) is 22.4 Å². The van der Waals surface area contributed by atoms with Crippen LogP contribution in [-0.2, 0) is 16.8 Å². The highest BCUT2D eigenvalue weighted by Gasteiger charge is 2.68. The van der Waals surface area contributed by atoms with Gasteiger partial charge < -0.3 is 29.7 Å². The highest BCUT2D eigenvalue weighted by Crippen LogP contribution is 2.63. The summed E-state index contributed by atoms with van der Waals surface area (Å²) in [6.45, 7) is 3.48. The third kappa shape index (κ3) is 6.36. The molecule has 9 rings (SSSR count). The molecule has 2 saturated heterocycles. The average Bonchev–Trinajstić information content (AvgIpc) is 3.43. The molecule has 4 aromatic heterocycles. The molecule has 6 aromatic rings. The van der Waals surface area contributed by atoms with Crippen molar-refractivity contribution < 1.29 is 24.3 Å². The number of aryl methyl sites for hydroxylation is 1. The maximum atomic E-state index is 11.6. The molecule has 4 atom stereocenters. The highest BCUT2D eigenvalue weighted by molar-refractivity contribution is 6.36. The van der Waals surface area contributed by atoms with Crippen LogP contribution in [0.4, 0.5) is 16.4 Å². The number of carboxylic acid groups (broad SMARTS) is 1. The lowest BCUT2D eigenvalue weighted by Gasteiger charge is -2.29. The van der Waals surface area contributed by atoms with Gasteiger partial charge in [0, 0.05) is 60.6 Å². The van der Waals surface area contributed by atoms with Gasteiger partial charge in [0.15, 0.2) is 23.5 Å². The van der Waals surface area contributed by atoms with Gasteiger partial charge in [0.1, 0.15) is 22.7 Å². The van der Waals surface area contributed by atoms with Crippen molar-refractivity contribution in [2.45, 2.75) is 50.9 Å². The van der Waals surface area contributed by atoms with E-state index >= 15 is 0 Å². The number of carbonyl (C=O) groups is 1. The number of hydrogen-bond donors (Lipinski definition) is 3. The first-order chi connectivity index (χ1) is 27.4. The summed E-state index contributed by atoms with van der Waals surface area (Å²) in [4.78, 5) is 33.7. The van der Waals surface area contributed by atoms with Crippen LogP contribution in [0, 0.1) is 18.8 Å². The predicted octanol–water partition coefficient (Wildman–Crippen LogP) is 6.86. The molecule has 56 heavy (non-hydrogen) atoms. The lowest BCUT2D eigenvalue weighted by atomic mass is 9.96. The second-order valence-corrected chi connectivity index (χ2v) is 15.0. The summed E-state index contributed by atoms with van der Waals surface area (Å²) in [7, 11) is 0. The number of hydrogen-bond acceptors (Lipinski definition) is 11. The molecule has 2 aliphatic heterocycles. The molecule has 3 aliphatic rings. The quantitative estimate of drug-likeness (QED) is 0.124. The Morgan fingerprint density at radius 2 is 1.80 bits per heavy atom. The van der Waals surface area contributed by atoms with Crippen LogP contribution in [0.2, 0.25) is 5.02 Å². The number of anilines is 1. The zero-order chi connectivity index (χ0) is 38.4. The normalized spacial score (nSPS) is 21.8. The number of halogens is 1. The van der Waals surface area contributed by atoms with Crippen LogP contribution in [0.15, 0.2) is 88.5 Å². The van der Waals surface area contributed by atoms with E-state index in [2.05, 4.69) is 20.4 Å². The van der Waals surface area contributed by atoms with E-state index in [0.717, 1.165) is 48.2 Å². The number of piperidine rings is 1. The van der Waals surface area contributed by atoms with Crippen molar-refractivity contribution in [2.24, 2.45) is 16.8 Å². The van der Waals surface area contributed by atoms with Gasteiger partial charge in [-0.15, -0.1) is 0 Å². The Morgan fingerprint density at radius 1 is 1.04 bits per heavy atom. The van der Waals surface area contributed by atoms with Crippen molar-refractivity contribution in [3.8, 4) is 11.3 Å². The Kier molecular flexibility index (Phi) is 9.47. The number of aliphatic hydroxyl groups is 1. The van der Waals surface area contributed by atoms with E-state index in [1.165, 1.54) is 0 Å². The number of ether oxygens (including phenoxy) is 1. The SMILES string of the molecule is Cc1cc(C2(CNC(=O)O)C3CCN(c4nc5c(nc4CO)c(-c4ccnc(N=C(c6ccccc6)c6ccccc6)c4Cl)nn5C4CCCCO4)CC32)no1. The molecular formula is C41H40ClN9O5. The number of nitrogens with one attached hydrogen (secondary N) is 1. The number of benzene rings is 2. The maximum Gasteiger partial charge on any atom is 0.404 e. The van der Waals surface area contributed by atoms with Crippen molar-refractivity contribution in [2.75, 3.05) is 31.1 Å². The van der Waals surface area contributed by atoms with Crippen molar-refractivity contribution >= 4 is 46.2 Å². The molecule has 0 bridgehead atoms. The van der Waals surface area contributed by atoms with Crippen LogP contribution in [0.1, 0.15) is 60.2 Å². The lowest BCUT2D eigenvalue weighted by Crippen LogP contribution is -2.35. The van der Waals surface area contributed by atoms with E-state index < -0.39 is 11.5 Å². The topological polar surface area (TPSA) is 177 Å². The third-order valence-electron chi connectivity index (χ3n) is 11.4. The van der Waals surface area contributed by atoms with Crippen molar-refractivity contribution in [3.05, 3.63) is 112 Å². The van der Waals surface area contributed by atoms with Crippen LogP contribution < -0.4 is 10.2 Å². The number of rotatable bonds is 10. The van der Waals surface area contributed by atoms with Crippen LogP contribution in [-0.4, -0.2) is 78.1 Å². The fourth-order valence-corrected chi connectivity index (χ4v) is 8.87. The first kappa shape index (κ1) is 36.0. The molecule has 286 valence electrons. The Bertz CT molecular complexity index is 2390. The average molecular weight is 774 g/mol. The molecule has 4 unspecified atom stereocenters. The summed E-state index contributed by atoms with van der Waals surface area (Å²) in [6, 6.07) is 23.5. The molecule has 3 N–H and O–H groups in total. The van der Waals surface area contributed by atoms with Crippen molar-refractivity contribution in [1.82, 2.24) is 35.2 Å². The number of pyridine rings is 1. The number of amides is 1. The van der Waals surface area contributed by atoms with Gasteiger partial charge in [-0.05, 0) is 50.5 Å². The number of aromatic nitrogens is 6. The molecule has 0 radical (unpaired) electrons. The molecular weight excluding hydrogens is 734 g/mol. The summed E-state index contributed by atoms with van der Waals surface area (Å²) in [5.74, 6) is 1.82. The second kappa shape index (κ2) is 14.8. The van der Waals surface area contributed by atoms with E-state index in [1.807, 2.05) is 73.7 Å². The van der Waals surface area contributed by atoms with Gasteiger partial charge >= 0.3 is 6.09 Å². The van der Waals surface area contributed by atoms with E-state index in [0.29, 0.717) is 70.2 Å². The Hall–Kier alpha value is -5.70. The monoisotopic (exact) mass is 773 g/mol. The minimum Gasteiger partial charge on any atom is -0.465 e. The van der Waals surface area contributed by atoms with Crippen LogP contribution >= 0.6 is 11.6 Å². The standard InChI is InChI=1S/C41H40ClN9O5/c1-24-20-31(49-56-24)41(23-44-40(53)54)28-16-18-50(21-29(28)41)38-30(22-52)45-36-35(48-51(39(36)47-38)32-14-8-9-19-55-32)27-15-17-43-37(33(27)42)46-34(25-10-4-2-5-11-25)26-12-6-3-7-13-26/h2-7,10-13,15,17,20,28-29,32,44,52H,8-9,14,16,18-19,21-23H2,1H3,(H,53,54). The first-order valence-electron chi connectivity index (χ1n) is 18.9. The van der Waals surface area contributed by atoms with Crippen LogP contribution in [0.3, 0.4) is 0 Å². The fourth-order valence-electron chi connectivity index (χ4n) is 8.63. The van der Waals surface area contributed by atoms with Gasteiger partial charge in [0.25, 0.3) is 0 Å². The summed E-state index contributed by atoms with van der Waals surface area (Å²) < 4.78 is 13.5. The molecule has 3 fully saturated rings. The van der Waals surface area contributed by atoms with Gasteiger partial charge in [-0.1, -0.05) is 77.4 Å². The number of fused-ring (bicyclic) bond motifs is 2. The van der Waals surface area contributed by atoms with Gasteiger partial charge in [0.2, 0.25) is 0 Å². The number of aliphatic imine (C=N–C) groups is 1. The first-order valence-corrected chi connectivity index (χ1v) is 19.2. The van der Waals surface area contributed by atoms with Crippen molar-refractivity contribution in [3.63, 3.8) is 0 Å². The minimum absolute atomic E-state index is 0.0741. The zero-order valence-corrected chi connectivity index (χ0v) is 31.4. The predicted molar refractivity (Wildman–Crippen MR) is 209 cm³/mol. The van der Waals surface area contributed by atoms with Gasteiger partial charge in [-0.25, -0.2) is 29.4 Å². The highest BCUT2D eigenvalue weighted by atomic mass is 35.5. The summed E-state index contributed by atoms with van der Waals surface area (Å²) >= 11 is 7.22. The largest absolute Gasteiger partial charge is 0.465 e. The van der Waals surface area contributed by atoms with E-state index in [1.54, 1.807) is 16.9 Å². The zero-order valence-electron chi connectivity index (χ0n) is 30.7. The summed E-state index contributed by atoms with van der Waals surface area (Å²) in [5, 5.41) is 32.7. The molecule has 15 heteroatoms. The van der Waals surface area contributed by atoms with E-state index in [-0.39, 0.29) is 31.2 Å². The molecule has 14 nitrogen and oxygen atoms in total. The molecule has 6 heterocycles. The van der Waals surface area contributed by atoms with Crippen molar-refractivity contribution in [1.29, 1.82) is 0 Å². The van der Waals surface area contributed by atoms with Gasteiger partial charge in [0.05, 0.1) is 23.0 Å². The van der Waals surface area contributed by atoms with Crippen LogP contribution in [0.5, 0.6) is 0 Å². The fraction of sp³-hybridized carbons (Fsp3) is 0.341. The molecule has 1 amide bonds. The molecule has 1 aliphatic carbocycles. The van der Waals surface area contributed by atoms with Gasteiger partial charge in [-0.3, -0.25) is 0 Å². The molecule has 0 spiro atoms. The minimum atomic E-state index is -1.08. The number of aliphatic hydroxyl groups excluding tert-OH is 1. The smallest absolute Gasteiger partial charge is 0.404 e. The van der Waals surface area contributed by atoms with E-state index in [9.17, 15) is 15.0 Å². The second-order valence-electron chi connectivity index (χ2n) is 14.6. The number of nitrogens with zero attached hydrogens (tertiary/aromatic N) is 8. The summed E-state index contributed by atoms with van der Waals surface area (Å²) in [5.41, 5.74) is 5.22. The Labute approximate surface area is 327 Å². The maximum absolute atomic E-state index is 11.6. The summed E-state index contributed by atoms with van der Waals surface area (Å²) in [6.07, 6.45) is 3.64. The van der Waals surface area contributed by atoms with E-state index in [4.69, 9.17) is 40.9 Å². The molecule has 2 aromatic carbocycles. The molecule has 1 saturated carbocycles. The Morgan fingerprint density at radius 3 is 2.46 bits per heavy atom. The lowest BCUT2D eigenvalue weighted by molar-refractivity contribution is -0.0368.